The molecule has 0 N–H and O–H groups in total. The molecule has 0 spiro atoms. The molecule has 22 heavy (non-hydrogen) atoms. The molecule has 1 saturated carbocycles. The molecular formula is C17H22N4O. The predicted molar refractivity (Wildman–Crippen MR) is 85.0 cm³/mol. The molecule has 3 rings (SSSR count). The summed E-state index contributed by atoms with van der Waals surface area (Å²) in [6, 6.07) is 10.2. The Morgan fingerprint density at radius 3 is 2.77 bits per heavy atom. The van der Waals surface area contributed by atoms with Crippen LogP contribution in [0.25, 0.3) is 5.69 Å². The van der Waals surface area contributed by atoms with E-state index in [9.17, 15) is 0 Å². The molecule has 1 heterocycles. The maximum absolute atomic E-state index is 5.74. The van der Waals surface area contributed by atoms with Crippen LogP contribution in [0, 0.1) is 5.92 Å². The van der Waals surface area contributed by atoms with Crippen LogP contribution >= 0.6 is 0 Å². The van der Waals surface area contributed by atoms with E-state index < -0.39 is 0 Å². The zero-order valence-electron chi connectivity index (χ0n) is 13.0. The summed E-state index contributed by atoms with van der Waals surface area (Å²) < 4.78 is 7.36. The first-order chi connectivity index (χ1) is 10.8. The normalized spacial score (nSPS) is 16.7. The van der Waals surface area contributed by atoms with Crippen molar-refractivity contribution < 1.29 is 4.74 Å². The Bertz CT molecular complexity index is 615. The van der Waals surface area contributed by atoms with Gasteiger partial charge in [-0.15, -0.1) is 0 Å². The molecule has 116 valence electrons. The fourth-order valence-electron chi connectivity index (χ4n) is 2.97. The Labute approximate surface area is 131 Å². The lowest BCUT2D eigenvalue weighted by Gasteiger charge is -2.22. The van der Waals surface area contributed by atoms with Crippen LogP contribution in [0.1, 0.15) is 39.0 Å². The number of allylic oxidation sites excluding steroid dienone is 1. The number of tetrazole rings is 1. The highest BCUT2D eigenvalue weighted by Crippen LogP contribution is 2.29. The Balaban J connectivity index is 1.61. The lowest BCUT2D eigenvalue weighted by Crippen LogP contribution is -2.09. The molecule has 0 bridgehead atoms. The molecule has 1 aromatic heterocycles. The molecular weight excluding hydrogens is 276 g/mol. The number of benzene rings is 1. The largest absolute Gasteiger partial charge is 0.458 e. The fraction of sp³-hybridized carbons (Fsp3) is 0.471. The predicted octanol–water partition coefficient (Wildman–Crippen LogP) is 3.57. The van der Waals surface area contributed by atoms with Gasteiger partial charge in [-0.1, -0.05) is 48.1 Å². The van der Waals surface area contributed by atoms with Crippen LogP contribution in [0.2, 0.25) is 0 Å². The number of hydrogen-bond acceptors (Lipinski definition) is 4. The second kappa shape index (κ2) is 7.20. The van der Waals surface area contributed by atoms with Crippen molar-refractivity contribution in [2.24, 2.45) is 5.92 Å². The number of aromatic nitrogens is 4. The van der Waals surface area contributed by atoms with E-state index in [1.807, 2.05) is 30.3 Å². The first-order valence-corrected chi connectivity index (χ1v) is 7.98. The summed E-state index contributed by atoms with van der Waals surface area (Å²) in [5.74, 6) is 0.725. The fourth-order valence-corrected chi connectivity index (χ4v) is 2.97. The van der Waals surface area contributed by atoms with Crippen molar-refractivity contribution >= 4 is 0 Å². The van der Waals surface area contributed by atoms with Crippen LogP contribution < -0.4 is 4.74 Å². The van der Waals surface area contributed by atoms with Gasteiger partial charge in [-0.2, -0.15) is 4.68 Å². The van der Waals surface area contributed by atoms with E-state index in [-0.39, 0.29) is 0 Å². The van der Waals surface area contributed by atoms with Crippen molar-refractivity contribution in [3.8, 4) is 11.7 Å². The summed E-state index contributed by atoms with van der Waals surface area (Å²) in [5.41, 5.74) is 2.33. The molecule has 0 amide bonds. The number of nitrogens with zero attached hydrogens (tertiary/aromatic N) is 4. The third-order valence-electron chi connectivity index (χ3n) is 4.31. The number of para-hydroxylation sites is 1. The van der Waals surface area contributed by atoms with E-state index in [0.717, 1.165) is 11.6 Å². The third kappa shape index (κ3) is 3.53. The Hall–Kier alpha value is -2.17. The Morgan fingerprint density at radius 2 is 2.00 bits per heavy atom. The SMILES string of the molecule is C/C(=C\COc1nnnn1-c1ccccc1)C1CCCCC1. The molecule has 5 heteroatoms. The van der Waals surface area contributed by atoms with Gasteiger partial charge in [-0.05, 0) is 54.3 Å². The summed E-state index contributed by atoms with van der Waals surface area (Å²) in [6.45, 7) is 2.72. The molecule has 1 aliphatic rings. The van der Waals surface area contributed by atoms with E-state index in [4.69, 9.17) is 4.74 Å². The maximum Gasteiger partial charge on any atom is 0.340 e. The zero-order chi connectivity index (χ0) is 15.2. The lowest BCUT2D eigenvalue weighted by atomic mass is 9.84. The molecule has 0 radical (unpaired) electrons. The standard InChI is InChI=1S/C17H22N4O/c1-14(15-8-4-2-5-9-15)12-13-22-17-18-19-20-21(17)16-10-6-3-7-11-16/h3,6-7,10-12,15H,2,4-5,8-9,13H2,1H3/b14-12+. The van der Waals surface area contributed by atoms with Crippen molar-refractivity contribution in [2.45, 2.75) is 39.0 Å². The van der Waals surface area contributed by atoms with Gasteiger partial charge in [0.05, 0.1) is 5.69 Å². The van der Waals surface area contributed by atoms with Gasteiger partial charge < -0.3 is 4.74 Å². The van der Waals surface area contributed by atoms with Crippen molar-refractivity contribution in [3.05, 3.63) is 42.0 Å². The van der Waals surface area contributed by atoms with E-state index in [1.54, 1.807) is 4.68 Å². The molecule has 1 aromatic carbocycles. The first kappa shape index (κ1) is 14.8. The smallest absolute Gasteiger partial charge is 0.340 e. The molecule has 0 aliphatic heterocycles. The number of rotatable bonds is 5. The minimum atomic E-state index is 0.430. The van der Waals surface area contributed by atoms with E-state index in [1.165, 1.54) is 37.7 Å². The average Bonchev–Trinajstić information content (AvgIpc) is 3.05. The second-order valence-corrected chi connectivity index (χ2v) is 5.80. The van der Waals surface area contributed by atoms with E-state index >= 15 is 0 Å². The van der Waals surface area contributed by atoms with Gasteiger partial charge in [0, 0.05) is 0 Å². The van der Waals surface area contributed by atoms with Crippen LogP contribution in [-0.4, -0.2) is 26.8 Å². The lowest BCUT2D eigenvalue weighted by molar-refractivity contribution is 0.319. The van der Waals surface area contributed by atoms with E-state index in [0.29, 0.717) is 12.6 Å². The highest BCUT2D eigenvalue weighted by molar-refractivity contribution is 5.31. The number of ether oxygens (including phenoxy) is 1. The minimum Gasteiger partial charge on any atom is -0.458 e. The van der Waals surface area contributed by atoms with Crippen LogP contribution in [-0.2, 0) is 0 Å². The Kier molecular flexibility index (Phi) is 4.83. The topological polar surface area (TPSA) is 52.8 Å². The quantitative estimate of drug-likeness (QED) is 0.792. The molecule has 1 fully saturated rings. The first-order valence-electron chi connectivity index (χ1n) is 7.98. The van der Waals surface area contributed by atoms with E-state index in [2.05, 4.69) is 28.5 Å². The second-order valence-electron chi connectivity index (χ2n) is 5.80. The van der Waals surface area contributed by atoms with Crippen molar-refractivity contribution in [1.29, 1.82) is 0 Å². The maximum atomic E-state index is 5.74. The summed E-state index contributed by atoms with van der Waals surface area (Å²) in [7, 11) is 0. The van der Waals surface area contributed by atoms with Gasteiger partial charge >= 0.3 is 6.01 Å². The van der Waals surface area contributed by atoms with Gasteiger partial charge in [0.25, 0.3) is 0 Å². The highest BCUT2D eigenvalue weighted by atomic mass is 16.5. The van der Waals surface area contributed by atoms with Crippen LogP contribution in [0.4, 0.5) is 0 Å². The van der Waals surface area contributed by atoms with Crippen molar-refractivity contribution in [1.82, 2.24) is 20.2 Å². The third-order valence-corrected chi connectivity index (χ3v) is 4.31. The molecule has 0 saturated heterocycles. The number of hydrogen-bond donors (Lipinski definition) is 0. The van der Waals surface area contributed by atoms with Gasteiger partial charge in [0.2, 0.25) is 0 Å². The van der Waals surface area contributed by atoms with Crippen LogP contribution in [0.15, 0.2) is 42.0 Å². The molecule has 0 unspecified atom stereocenters. The molecule has 1 aliphatic carbocycles. The van der Waals surface area contributed by atoms with Crippen LogP contribution in [0.5, 0.6) is 6.01 Å². The monoisotopic (exact) mass is 298 g/mol. The molecule has 0 atom stereocenters. The van der Waals surface area contributed by atoms with Gasteiger partial charge in [-0.25, -0.2) is 0 Å². The van der Waals surface area contributed by atoms with Gasteiger partial charge in [-0.3, -0.25) is 0 Å². The summed E-state index contributed by atoms with van der Waals surface area (Å²) in [6.07, 6.45) is 8.87. The zero-order valence-corrected chi connectivity index (χ0v) is 13.0. The summed E-state index contributed by atoms with van der Waals surface area (Å²) >= 11 is 0. The molecule has 5 nitrogen and oxygen atoms in total. The summed E-state index contributed by atoms with van der Waals surface area (Å²) in [5, 5.41) is 11.6. The average molecular weight is 298 g/mol. The van der Waals surface area contributed by atoms with Crippen molar-refractivity contribution in [2.75, 3.05) is 6.61 Å². The van der Waals surface area contributed by atoms with Crippen LogP contribution in [0.3, 0.4) is 0 Å². The minimum absolute atomic E-state index is 0.430. The van der Waals surface area contributed by atoms with Gasteiger partial charge in [0.1, 0.15) is 6.61 Å². The molecule has 2 aromatic rings. The van der Waals surface area contributed by atoms with Gasteiger partial charge in [0.15, 0.2) is 0 Å². The van der Waals surface area contributed by atoms with Crippen molar-refractivity contribution in [3.63, 3.8) is 0 Å². The highest BCUT2D eigenvalue weighted by Gasteiger charge is 2.15. The summed E-state index contributed by atoms with van der Waals surface area (Å²) in [4.78, 5) is 0. The Morgan fingerprint density at radius 1 is 1.23 bits per heavy atom.